The van der Waals surface area contributed by atoms with Gasteiger partial charge in [-0.05, 0) is 48.0 Å². The molecule has 0 radical (unpaired) electrons. The Morgan fingerprint density at radius 1 is 1.17 bits per heavy atom. The molecular formula is C21H20ClN5O2S. The predicted octanol–water partition coefficient (Wildman–Crippen LogP) is 3.87. The standard InChI is InChI=1S/C21H20ClN5O2S/c1-21(2,13-28)14-5-8-16(9-6-14)30(29)25-17-10-7-15(22)12-19(17)27-18-4-3-11-23-20(18)24-26-27/h3-12,25,28H,13H2,1-2H3. The minimum atomic E-state index is -1.52. The molecule has 0 saturated heterocycles. The number of nitrogens with zero attached hydrogens (tertiary/aromatic N) is 4. The lowest BCUT2D eigenvalue weighted by Crippen LogP contribution is -2.22. The Labute approximate surface area is 181 Å². The highest BCUT2D eigenvalue weighted by Gasteiger charge is 2.20. The summed E-state index contributed by atoms with van der Waals surface area (Å²) in [4.78, 5) is 4.81. The summed E-state index contributed by atoms with van der Waals surface area (Å²) in [5.41, 5.74) is 3.03. The van der Waals surface area contributed by atoms with Crippen molar-refractivity contribution in [3.05, 3.63) is 71.4 Å². The molecule has 154 valence electrons. The number of aliphatic hydroxyl groups is 1. The lowest BCUT2D eigenvalue weighted by molar-refractivity contribution is 0.218. The first-order valence-electron chi connectivity index (χ1n) is 9.25. The van der Waals surface area contributed by atoms with Crippen LogP contribution in [-0.2, 0) is 16.4 Å². The van der Waals surface area contributed by atoms with E-state index < -0.39 is 11.0 Å². The van der Waals surface area contributed by atoms with Crippen LogP contribution in [0.1, 0.15) is 19.4 Å². The smallest absolute Gasteiger partial charge is 0.202 e. The number of rotatable bonds is 6. The Hall–Kier alpha value is -2.81. The van der Waals surface area contributed by atoms with E-state index in [0.29, 0.717) is 32.5 Å². The molecule has 0 aliphatic rings. The fraction of sp³-hybridized carbons (Fsp3) is 0.190. The molecule has 2 N–H and O–H groups in total. The highest BCUT2D eigenvalue weighted by molar-refractivity contribution is 7.86. The van der Waals surface area contributed by atoms with Crippen LogP contribution < -0.4 is 4.72 Å². The van der Waals surface area contributed by atoms with Crippen LogP contribution in [0.4, 0.5) is 5.69 Å². The minimum Gasteiger partial charge on any atom is -0.395 e. The van der Waals surface area contributed by atoms with Gasteiger partial charge in [0.05, 0.1) is 22.9 Å². The van der Waals surface area contributed by atoms with Crippen molar-refractivity contribution in [2.24, 2.45) is 0 Å². The fourth-order valence-corrected chi connectivity index (χ4v) is 4.03. The maximum atomic E-state index is 13.0. The summed E-state index contributed by atoms with van der Waals surface area (Å²) in [6, 6.07) is 16.2. The van der Waals surface area contributed by atoms with Crippen molar-refractivity contribution < 1.29 is 9.32 Å². The molecule has 1 atom stereocenters. The normalized spacial score (nSPS) is 12.8. The van der Waals surface area contributed by atoms with Gasteiger partial charge >= 0.3 is 0 Å². The Morgan fingerprint density at radius 2 is 1.93 bits per heavy atom. The van der Waals surface area contributed by atoms with Crippen molar-refractivity contribution in [3.8, 4) is 5.69 Å². The average Bonchev–Trinajstić information content (AvgIpc) is 3.19. The van der Waals surface area contributed by atoms with Gasteiger partial charge in [-0.1, -0.05) is 42.8 Å². The predicted molar refractivity (Wildman–Crippen MR) is 118 cm³/mol. The van der Waals surface area contributed by atoms with Gasteiger partial charge in [0.25, 0.3) is 0 Å². The van der Waals surface area contributed by atoms with Crippen LogP contribution >= 0.6 is 11.6 Å². The molecule has 2 aromatic heterocycles. The zero-order chi connectivity index (χ0) is 21.3. The van der Waals surface area contributed by atoms with Crippen molar-refractivity contribution in [3.63, 3.8) is 0 Å². The van der Waals surface area contributed by atoms with E-state index in [1.54, 1.807) is 47.3 Å². The van der Waals surface area contributed by atoms with Gasteiger partial charge < -0.3 is 5.11 Å². The highest BCUT2D eigenvalue weighted by atomic mass is 35.5. The largest absolute Gasteiger partial charge is 0.395 e. The molecule has 0 spiro atoms. The minimum absolute atomic E-state index is 0.0303. The summed E-state index contributed by atoms with van der Waals surface area (Å²) in [6.45, 7) is 3.94. The molecule has 1 unspecified atom stereocenters. The quantitative estimate of drug-likeness (QED) is 0.473. The van der Waals surface area contributed by atoms with E-state index in [2.05, 4.69) is 20.0 Å². The number of halogens is 1. The third-order valence-electron chi connectivity index (χ3n) is 4.86. The van der Waals surface area contributed by atoms with E-state index in [-0.39, 0.29) is 12.0 Å². The summed E-state index contributed by atoms with van der Waals surface area (Å²) in [6.07, 6.45) is 1.65. The first-order valence-corrected chi connectivity index (χ1v) is 10.8. The second-order valence-corrected chi connectivity index (χ2v) is 9.10. The van der Waals surface area contributed by atoms with Gasteiger partial charge in [0.1, 0.15) is 16.5 Å². The number of aromatic nitrogens is 4. The van der Waals surface area contributed by atoms with Gasteiger partial charge in [0, 0.05) is 16.6 Å². The topological polar surface area (TPSA) is 92.9 Å². The van der Waals surface area contributed by atoms with E-state index in [1.165, 1.54) is 0 Å². The molecule has 0 bridgehead atoms. The molecule has 4 rings (SSSR count). The number of anilines is 1. The summed E-state index contributed by atoms with van der Waals surface area (Å²) in [5.74, 6) is 0. The van der Waals surface area contributed by atoms with Crippen molar-refractivity contribution in [2.45, 2.75) is 24.2 Å². The number of nitrogens with one attached hydrogen (secondary N) is 1. The summed E-state index contributed by atoms with van der Waals surface area (Å²) >= 11 is 6.21. The first kappa shape index (κ1) is 20.5. The van der Waals surface area contributed by atoms with Gasteiger partial charge in [-0.2, -0.15) is 0 Å². The summed E-state index contributed by atoms with van der Waals surface area (Å²) in [5, 5.41) is 18.3. The van der Waals surface area contributed by atoms with E-state index in [1.807, 2.05) is 32.0 Å². The van der Waals surface area contributed by atoms with Gasteiger partial charge in [-0.3, -0.25) is 4.72 Å². The van der Waals surface area contributed by atoms with Crippen LogP contribution in [0.2, 0.25) is 5.02 Å². The second-order valence-electron chi connectivity index (χ2n) is 7.45. The molecule has 0 fully saturated rings. The maximum Gasteiger partial charge on any atom is 0.202 e. The van der Waals surface area contributed by atoms with Crippen molar-refractivity contribution in [2.75, 3.05) is 11.3 Å². The van der Waals surface area contributed by atoms with Gasteiger partial charge in [0.2, 0.25) is 5.65 Å². The number of fused-ring (bicyclic) bond motifs is 1. The lowest BCUT2D eigenvalue weighted by Gasteiger charge is -2.22. The Bertz CT molecular complexity index is 1220. The molecule has 9 heteroatoms. The highest BCUT2D eigenvalue weighted by Crippen LogP contribution is 2.28. The zero-order valence-corrected chi connectivity index (χ0v) is 18.0. The lowest BCUT2D eigenvalue weighted by atomic mass is 9.86. The molecule has 7 nitrogen and oxygen atoms in total. The first-order chi connectivity index (χ1) is 14.4. The van der Waals surface area contributed by atoms with Gasteiger partial charge in [-0.25, -0.2) is 13.9 Å². The SMILES string of the molecule is CC(C)(CO)c1ccc(S(=O)Nc2ccc(Cl)cc2-n2nnc3ncccc32)cc1. The molecule has 0 aliphatic carbocycles. The molecular weight excluding hydrogens is 422 g/mol. The Morgan fingerprint density at radius 3 is 2.67 bits per heavy atom. The molecule has 0 aliphatic heterocycles. The van der Waals surface area contributed by atoms with Gasteiger partial charge in [-0.15, -0.1) is 5.10 Å². The average molecular weight is 442 g/mol. The van der Waals surface area contributed by atoms with Crippen molar-refractivity contribution in [1.29, 1.82) is 0 Å². The molecule has 4 aromatic rings. The number of pyridine rings is 1. The van der Waals surface area contributed by atoms with E-state index in [9.17, 15) is 9.32 Å². The van der Waals surface area contributed by atoms with Crippen molar-refractivity contribution >= 4 is 39.4 Å². The number of hydrogen-bond acceptors (Lipinski definition) is 5. The van der Waals surface area contributed by atoms with Crippen LogP contribution in [-0.4, -0.2) is 35.9 Å². The van der Waals surface area contributed by atoms with Crippen LogP contribution in [0.15, 0.2) is 65.7 Å². The third kappa shape index (κ3) is 3.94. The van der Waals surface area contributed by atoms with Crippen LogP contribution in [0.5, 0.6) is 0 Å². The number of benzene rings is 2. The number of hydrogen-bond donors (Lipinski definition) is 2. The third-order valence-corrected chi connectivity index (χ3v) is 6.20. The Kier molecular flexibility index (Phi) is 5.55. The maximum absolute atomic E-state index is 13.0. The summed E-state index contributed by atoms with van der Waals surface area (Å²) < 4.78 is 17.6. The molecule has 0 saturated carbocycles. The molecule has 2 heterocycles. The van der Waals surface area contributed by atoms with Crippen molar-refractivity contribution in [1.82, 2.24) is 20.0 Å². The van der Waals surface area contributed by atoms with E-state index in [0.717, 1.165) is 5.56 Å². The van der Waals surface area contributed by atoms with Crippen LogP contribution in [0.3, 0.4) is 0 Å². The van der Waals surface area contributed by atoms with Crippen LogP contribution in [0, 0.1) is 0 Å². The Balaban J connectivity index is 1.66. The second kappa shape index (κ2) is 8.14. The monoisotopic (exact) mass is 441 g/mol. The zero-order valence-electron chi connectivity index (χ0n) is 16.4. The van der Waals surface area contributed by atoms with E-state index >= 15 is 0 Å². The number of aliphatic hydroxyl groups excluding tert-OH is 1. The fourth-order valence-electron chi connectivity index (χ4n) is 2.99. The van der Waals surface area contributed by atoms with E-state index in [4.69, 9.17) is 11.6 Å². The van der Waals surface area contributed by atoms with Crippen LogP contribution in [0.25, 0.3) is 16.9 Å². The molecule has 30 heavy (non-hydrogen) atoms. The molecule has 2 aromatic carbocycles. The summed E-state index contributed by atoms with van der Waals surface area (Å²) in [7, 11) is -1.52. The molecule has 0 amide bonds. The van der Waals surface area contributed by atoms with Gasteiger partial charge in [0.15, 0.2) is 0 Å².